The van der Waals surface area contributed by atoms with Crippen LogP contribution in [0.15, 0.2) is 72.4 Å². The van der Waals surface area contributed by atoms with Crippen LogP contribution >= 0.6 is 0 Å². The fourth-order valence-electron chi connectivity index (χ4n) is 4.35. The van der Waals surface area contributed by atoms with Gasteiger partial charge in [-0.15, -0.1) is 0 Å². The van der Waals surface area contributed by atoms with Gasteiger partial charge in [-0.1, -0.05) is 66.2 Å². The Labute approximate surface area is 170 Å². The summed E-state index contributed by atoms with van der Waals surface area (Å²) in [7, 11) is 0. The van der Waals surface area contributed by atoms with Gasteiger partial charge in [-0.25, -0.2) is 4.90 Å². The van der Waals surface area contributed by atoms with Crippen LogP contribution in [-0.4, -0.2) is 29.8 Å². The first-order valence-corrected chi connectivity index (χ1v) is 10.1. The standard InChI is InChI=1S/C25H22N2O2/c1-17-11-13-19(14-12-17)22-23(26-15-4-5-16-26)25(29)27(24(22)28)21-10-6-8-18-7-2-3-9-20(18)21/h2-3,6-14H,4-5,15-16H2,1H3. The van der Waals surface area contributed by atoms with E-state index < -0.39 is 0 Å². The van der Waals surface area contributed by atoms with E-state index in [2.05, 4.69) is 4.90 Å². The molecule has 0 spiro atoms. The van der Waals surface area contributed by atoms with Crippen molar-refractivity contribution >= 4 is 33.8 Å². The molecule has 4 heteroatoms. The molecule has 0 aromatic heterocycles. The first-order chi connectivity index (χ1) is 14.1. The van der Waals surface area contributed by atoms with Gasteiger partial charge in [0.2, 0.25) is 0 Å². The predicted molar refractivity (Wildman–Crippen MR) is 115 cm³/mol. The van der Waals surface area contributed by atoms with Crippen molar-refractivity contribution in [3.63, 3.8) is 0 Å². The molecule has 4 nitrogen and oxygen atoms in total. The number of amides is 2. The Bertz CT molecular complexity index is 1150. The minimum atomic E-state index is -0.239. The summed E-state index contributed by atoms with van der Waals surface area (Å²) >= 11 is 0. The zero-order chi connectivity index (χ0) is 20.0. The highest BCUT2D eigenvalue weighted by Crippen LogP contribution is 2.38. The van der Waals surface area contributed by atoms with Crippen LogP contribution in [0.3, 0.4) is 0 Å². The van der Waals surface area contributed by atoms with E-state index in [0.717, 1.165) is 47.8 Å². The van der Waals surface area contributed by atoms with Gasteiger partial charge in [-0.05, 0) is 36.8 Å². The van der Waals surface area contributed by atoms with E-state index in [9.17, 15) is 9.59 Å². The van der Waals surface area contributed by atoms with Crippen molar-refractivity contribution in [3.8, 4) is 0 Å². The maximum absolute atomic E-state index is 13.6. The lowest BCUT2D eigenvalue weighted by Gasteiger charge is -2.21. The van der Waals surface area contributed by atoms with Gasteiger partial charge in [0.1, 0.15) is 5.70 Å². The quantitative estimate of drug-likeness (QED) is 0.625. The van der Waals surface area contributed by atoms with E-state index in [1.54, 1.807) is 0 Å². The van der Waals surface area contributed by atoms with Gasteiger partial charge in [-0.2, -0.15) is 0 Å². The number of benzene rings is 3. The molecule has 0 atom stereocenters. The first-order valence-electron chi connectivity index (χ1n) is 10.1. The molecule has 0 saturated carbocycles. The van der Waals surface area contributed by atoms with E-state index >= 15 is 0 Å². The number of anilines is 1. The molecular weight excluding hydrogens is 360 g/mol. The Morgan fingerprint density at radius 2 is 1.45 bits per heavy atom. The van der Waals surface area contributed by atoms with E-state index in [1.165, 1.54) is 4.90 Å². The summed E-state index contributed by atoms with van der Waals surface area (Å²) in [6.45, 7) is 3.64. The lowest BCUT2D eigenvalue weighted by atomic mass is 10.0. The third-order valence-electron chi connectivity index (χ3n) is 5.83. The van der Waals surface area contributed by atoms with Crippen LogP contribution < -0.4 is 4.90 Å². The van der Waals surface area contributed by atoms with E-state index in [1.807, 2.05) is 73.7 Å². The second-order valence-electron chi connectivity index (χ2n) is 7.73. The Hall–Kier alpha value is -3.40. The SMILES string of the molecule is Cc1ccc(C2=C(N3CCCC3)C(=O)N(c3cccc4ccccc34)C2=O)cc1. The fourth-order valence-corrected chi connectivity index (χ4v) is 4.35. The summed E-state index contributed by atoms with van der Waals surface area (Å²) in [5.41, 5.74) is 3.64. The van der Waals surface area contributed by atoms with Crippen molar-refractivity contribution in [2.24, 2.45) is 0 Å². The Balaban J connectivity index is 1.68. The summed E-state index contributed by atoms with van der Waals surface area (Å²) in [4.78, 5) is 30.7. The molecule has 1 saturated heterocycles. The molecule has 1 fully saturated rings. The molecule has 2 aliphatic heterocycles. The van der Waals surface area contributed by atoms with Crippen molar-refractivity contribution in [1.82, 2.24) is 4.90 Å². The van der Waals surface area contributed by atoms with Gasteiger partial charge in [0, 0.05) is 18.5 Å². The Morgan fingerprint density at radius 1 is 0.759 bits per heavy atom. The number of carbonyl (C=O) groups excluding carboxylic acids is 2. The lowest BCUT2D eigenvalue weighted by Crippen LogP contribution is -2.34. The molecule has 0 unspecified atom stereocenters. The molecule has 3 aromatic carbocycles. The summed E-state index contributed by atoms with van der Waals surface area (Å²) in [6.07, 6.45) is 2.08. The third kappa shape index (κ3) is 2.83. The fraction of sp³-hybridized carbons (Fsp3) is 0.200. The lowest BCUT2D eigenvalue weighted by molar-refractivity contribution is -0.120. The predicted octanol–water partition coefficient (Wildman–Crippen LogP) is 4.53. The van der Waals surface area contributed by atoms with Gasteiger partial charge in [0.25, 0.3) is 11.8 Å². The molecule has 2 amide bonds. The number of carbonyl (C=O) groups is 2. The third-order valence-corrected chi connectivity index (χ3v) is 5.83. The minimum absolute atomic E-state index is 0.219. The average molecular weight is 382 g/mol. The molecular formula is C25H22N2O2. The molecule has 0 aliphatic carbocycles. The number of hydrogen-bond acceptors (Lipinski definition) is 3. The molecule has 0 radical (unpaired) electrons. The van der Waals surface area contributed by atoms with Gasteiger partial charge < -0.3 is 4.90 Å². The van der Waals surface area contributed by atoms with Gasteiger partial charge >= 0.3 is 0 Å². The molecule has 144 valence electrons. The van der Waals surface area contributed by atoms with Crippen LogP contribution in [0.25, 0.3) is 16.3 Å². The van der Waals surface area contributed by atoms with Crippen LogP contribution in [0.2, 0.25) is 0 Å². The van der Waals surface area contributed by atoms with E-state index in [4.69, 9.17) is 0 Å². The zero-order valence-electron chi connectivity index (χ0n) is 16.4. The molecule has 5 rings (SSSR count). The number of imide groups is 1. The Kier molecular flexibility index (Phi) is 4.20. The van der Waals surface area contributed by atoms with Crippen molar-refractivity contribution in [3.05, 3.63) is 83.6 Å². The highest BCUT2D eigenvalue weighted by molar-refractivity contribution is 6.46. The van der Waals surface area contributed by atoms with Crippen molar-refractivity contribution in [1.29, 1.82) is 0 Å². The number of nitrogens with zero attached hydrogens (tertiary/aromatic N) is 2. The van der Waals surface area contributed by atoms with Crippen molar-refractivity contribution in [2.75, 3.05) is 18.0 Å². The normalized spacial score (nSPS) is 17.1. The highest BCUT2D eigenvalue weighted by atomic mass is 16.2. The molecule has 0 N–H and O–H groups in total. The molecule has 29 heavy (non-hydrogen) atoms. The topological polar surface area (TPSA) is 40.6 Å². The molecule has 2 aliphatic rings. The molecule has 0 bridgehead atoms. The average Bonchev–Trinajstić information content (AvgIpc) is 3.35. The van der Waals surface area contributed by atoms with Gasteiger partial charge in [0.15, 0.2) is 0 Å². The van der Waals surface area contributed by atoms with Gasteiger partial charge in [-0.3, -0.25) is 9.59 Å². The van der Waals surface area contributed by atoms with E-state index in [0.29, 0.717) is 17.0 Å². The number of likely N-dealkylation sites (tertiary alicyclic amines) is 1. The monoisotopic (exact) mass is 382 g/mol. The number of aryl methyl sites for hydroxylation is 1. The second kappa shape index (κ2) is 6.89. The van der Waals surface area contributed by atoms with E-state index in [-0.39, 0.29) is 11.8 Å². The highest BCUT2D eigenvalue weighted by Gasteiger charge is 2.43. The van der Waals surface area contributed by atoms with Crippen LogP contribution in [0.4, 0.5) is 5.69 Å². The molecule has 2 heterocycles. The largest absolute Gasteiger partial charge is 0.366 e. The first kappa shape index (κ1) is 17.7. The maximum atomic E-state index is 13.6. The number of rotatable bonds is 3. The van der Waals surface area contributed by atoms with Crippen LogP contribution in [0, 0.1) is 6.92 Å². The second-order valence-corrected chi connectivity index (χ2v) is 7.73. The van der Waals surface area contributed by atoms with Crippen LogP contribution in [0.1, 0.15) is 24.0 Å². The number of fused-ring (bicyclic) bond motifs is 1. The molecule has 3 aromatic rings. The minimum Gasteiger partial charge on any atom is -0.366 e. The van der Waals surface area contributed by atoms with Gasteiger partial charge in [0.05, 0.1) is 11.3 Å². The zero-order valence-corrected chi connectivity index (χ0v) is 16.4. The Morgan fingerprint density at radius 3 is 2.21 bits per heavy atom. The van der Waals surface area contributed by atoms with Crippen LogP contribution in [0.5, 0.6) is 0 Å². The van der Waals surface area contributed by atoms with Crippen LogP contribution in [-0.2, 0) is 9.59 Å². The smallest absolute Gasteiger partial charge is 0.282 e. The van der Waals surface area contributed by atoms with Crippen molar-refractivity contribution in [2.45, 2.75) is 19.8 Å². The summed E-state index contributed by atoms with van der Waals surface area (Å²) in [5.74, 6) is -0.457. The summed E-state index contributed by atoms with van der Waals surface area (Å²) in [6, 6.07) is 21.5. The summed E-state index contributed by atoms with van der Waals surface area (Å²) in [5, 5.41) is 1.92. The number of hydrogen-bond donors (Lipinski definition) is 0. The van der Waals surface area contributed by atoms with Crippen molar-refractivity contribution < 1.29 is 9.59 Å². The maximum Gasteiger partial charge on any atom is 0.282 e. The summed E-state index contributed by atoms with van der Waals surface area (Å²) < 4.78 is 0.